The number of unbranched alkanes of at least 4 members (excludes halogenated alkanes) is 1. The fraction of sp³-hybridized carbons (Fsp3) is 0.373. The molecule has 5 aromatic carbocycles. The van der Waals surface area contributed by atoms with E-state index in [0.717, 1.165) is 52.9 Å². The second-order valence-corrected chi connectivity index (χ2v) is 19.9. The van der Waals surface area contributed by atoms with Gasteiger partial charge in [-0.15, -0.1) is 0 Å². The van der Waals surface area contributed by atoms with Crippen LogP contribution in [0.1, 0.15) is 120 Å². The van der Waals surface area contributed by atoms with Crippen LogP contribution in [-0.2, 0) is 84.4 Å². The van der Waals surface area contributed by atoms with Gasteiger partial charge in [0.15, 0.2) is 17.3 Å². The average Bonchev–Trinajstić information content (AvgIpc) is 3.88. The van der Waals surface area contributed by atoms with Gasteiger partial charge in [-0.05, 0) is 141 Å². The van der Waals surface area contributed by atoms with Gasteiger partial charge in [0.25, 0.3) is 11.8 Å². The molecule has 0 spiro atoms. The van der Waals surface area contributed by atoms with Crippen LogP contribution in [0.2, 0.25) is 0 Å². The van der Waals surface area contributed by atoms with Gasteiger partial charge in [-0.25, -0.2) is 6.54 Å². The number of nitrogens with one attached hydrogen (secondary N) is 2. The number of amides is 4. The first kappa shape index (κ1) is 53.9. The van der Waals surface area contributed by atoms with Crippen LogP contribution in [0.25, 0.3) is 0 Å². The third-order valence-corrected chi connectivity index (χ3v) is 14.6. The molecule has 4 atom stereocenters. The number of carbonyl (C=O) groups excluding carboxylic acids is 6. The molecule has 0 saturated heterocycles. The van der Waals surface area contributed by atoms with Crippen molar-refractivity contribution in [2.75, 3.05) is 34.2 Å². The van der Waals surface area contributed by atoms with Crippen LogP contribution in [-0.4, -0.2) is 67.5 Å². The number of nitrogens with zero attached hydrogens (tertiary/aromatic N) is 3. The minimum absolute atomic E-state index is 0. The number of aryl methyl sites for hydroxylation is 2. The van der Waals surface area contributed by atoms with Crippen LogP contribution in [0.3, 0.4) is 0 Å². The van der Waals surface area contributed by atoms with Gasteiger partial charge in [0.2, 0.25) is 11.8 Å². The van der Waals surface area contributed by atoms with E-state index in [1.165, 1.54) is 12.7 Å². The summed E-state index contributed by atoms with van der Waals surface area (Å²) >= 11 is 0. The zero-order valence-electron chi connectivity index (χ0n) is 43.1. The van der Waals surface area contributed by atoms with Crippen molar-refractivity contribution < 1.29 is 75.7 Å². The Hall–Kier alpha value is -6.38. The summed E-state index contributed by atoms with van der Waals surface area (Å²) in [5.41, 5.74) is 9.67. The van der Waals surface area contributed by atoms with Crippen molar-refractivity contribution >= 4 is 57.9 Å². The maximum absolute atomic E-state index is 14.2. The van der Waals surface area contributed by atoms with Gasteiger partial charge in [-0.2, -0.15) is 0 Å². The first-order valence-electron chi connectivity index (χ1n) is 25.5. The largest absolute Gasteiger partial charge is 0.522 e. The number of fused-ring (bicyclic) bond motifs is 8. The van der Waals surface area contributed by atoms with Crippen molar-refractivity contribution in [1.82, 2.24) is 5.32 Å². The van der Waals surface area contributed by atoms with Crippen LogP contribution in [0.4, 0.5) is 22.7 Å². The number of benzene rings is 5. The second-order valence-electron chi connectivity index (χ2n) is 19.9. The monoisotopic (exact) mass is 1080 g/mol. The molecule has 4 aliphatic rings. The van der Waals surface area contributed by atoms with Crippen LogP contribution in [0.15, 0.2) is 91.0 Å². The Balaban J connectivity index is 0.00000729. The van der Waals surface area contributed by atoms with E-state index in [0.29, 0.717) is 77.4 Å². The molecule has 4 heterocycles. The fourth-order valence-electron chi connectivity index (χ4n) is 10.6. The molecule has 5 aromatic rings. The Kier molecular flexibility index (Phi) is 17.1. The minimum atomic E-state index is -0.790. The van der Waals surface area contributed by atoms with Crippen molar-refractivity contribution in [1.29, 1.82) is 0 Å². The second kappa shape index (κ2) is 23.4. The van der Waals surface area contributed by atoms with Crippen LogP contribution in [0.5, 0.6) is 17.2 Å². The van der Waals surface area contributed by atoms with E-state index in [4.69, 9.17) is 14.2 Å². The molecule has 0 aliphatic carbocycles. The smallest absolute Gasteiger partial charge is 0.258 e. The van der Waals surface area contributed by atoms with Crippen LogP contribution in [0, 0.1) is 19.4 Å². The van der Waals surface area contributed by atoms with E-state index in [1.54, 1.807) is 19.9 Å². The number of carbonyl (C=O) groups is 6. The van der Waals surface area contributed by atoms with Gasteiger partial charge < -0.3 is 39.5 Å². The molecule has 2 N–H and O–H groups in total. The number of hydrogen-bond donors (Lipinski definition) is 2. The van der Waals surface area contributed by atoms with E-state index in [-0.39, 0.29) is 106 Å². The van der Waals surface area contributed by atoms with Crippen molar-refractivity contribution in [3.63, 3.8) is 0 Å². The van der Waals surface area contributed by atoms with Crippen molar-refractivity contribution in [3.8, 4) is 17.2 Å². The number of methoxy groups -OCH3 is 1. The average molecular weight is 1080 g/mol. The molecule has 4 aliphatic heterocycles. The topological polar surface area (TPSA) is 164 Å². The van der Waals surface area contributed by atoms with E-state index in [2.05, 4.69) is 29.3 Å². The van der Waals surface area contributed by atoms with Crippen molar-refractivity contribution in [2.24, 2.45) is 5.92 Å². The van der Waals surface area contributed by atoms with E-state index in [1.807, 2.05) is 108 Å². The minimum Gasteiger partial charge on any atom is -0.522 e. The summed E-state index contributed by atoms with van der Waals surface area (Å²) in [4.78, 5) is 85.4. The van der Waals surface area contributed by atoms with Gasteiger partial charge in [0.1, 0.15) is 24.7 Å². The third-order valence-electron chi connectivity index (χ3n) is 14.6. The number of hydrogen-bond acceptors (Lipinski definition) is 10. The molecule has 1 radical (unpaired) electrons. The normalized spacial score (nSPS) is 16.9. The Morgan fingerprint density at radius 3 is 2.09 bits per heavy atom. The predicted octanol–water partition coefficient (Wildman–Crippen LogP) is 9.44. The molecule has 4 amide bonds. The quantitative estimate of drug-likeness (QED) is 0.0602. The molecule has 383 valence electrons. The van der Waals surface area contributed by atoms with Gasteiger partial charge >= 0.3 is 0 Å². The first-order chi connectivity index (χ1) is 35.2. The van der Waals surface area contributed by atoms with E-state index >= 15 is 0 Å². The summed E-state index contributed by atoms with van der Waals surface area (Å²) < 4.78 is 18.9. The summed E-state index contributed by atoms with van der Waals surface area (Å²) in [6.45, 7) is 9.26. The Labute approximate surface area is 458 Å². The molecule has 0 unspecified atom stereocenters. The van der Waals surface area contributed by atoms with Crippen LogP contribution < -0.4 is 39.5 Å². The Bertz CT molecular complexity index is 2990. The number of likely N-dealkylation sites (N-methyl/N-ethyl adjacent to an activating group) is 1. The maximum atomic E-state index is 14.2. The molecular weight excluding hydrogens is 1010 g/mol. The third kappa shape index (κ3) is 11.6. The summed E-state index contributed by atoms with van der Waals surface area (Å²) in [5, 5.41) is 5.76. The number of para-hydroxylation sites is 2. The molecule has 0 aromatic heterocycles. The summed E-state index contributed by atoms with van der Waals surface area (Å²) in [6, 6.07) is 28.3. The van der Waals surface area contributed by atoms with Gasteiger partial charge in [0, 0.05) is 105 Å². The van der Waals surface area contributed by atoms with Gasteiger partial charge in [-0.1, -0.05) is 56.3 Å². The van der Waals surface area contributed by atoms with Gasteiger partial charge in [0.05, 0.1) is 18.7 Å². The number of Topliss-reactive ketones (excluding diaryl/α,β-unsaturated/α-hetero) is 2. The number of ketones is 2. The molecule has 0 bridgehead atoms. The zero-order valence-corrected chi connectivity index (χ0v) is 46.0. The predicted molar refractivity (Wildman–Crippen MR) is 281 cm³/mol. The summed E-state index contributed by atoms with van der Waals surface area (Å²) in [7, 11) is 3.46. The zero-order chi connectivity index (χ0) is 51.5. The fourth-order valence-corrected chi connectivity index (χ4v) is 10.6. The molecular formula is C59H64N5O9Y-. The number of ether oxygens (including phenoxy) is 3. The number of anilines is 4. The summed E-state index contributed by atoms with van der Waals surface area (Å²) in [6.07, 6.45) is 5.27. The Morgan fingerprint density at radius 2 is 1.39 bits per heavy atom. The summed E-state index contributed by atoms with van der Waals surface area (Å²) in [5.74, 6) is -0.185. The SMILES string of the molecule is CCC(=O)CCCCC(=O)N[C@@H](C)C(=O)C[C@@H](C)C(=O)Nc1cc(COc2cc3c(cc2C)C(=O)N2c4ccccc4C[C@H]2CC3)cc(COc2cc3c(cc2OC)C(=O)N2c4ccccc4C[C@H]2[CH-]N3C)c1.[Y]. The standard InChI is InChI=1S/C59H64N5O9.Y/c1-7-46(65)16-10-13-19-56(67)60-37(4)52(66)23-36(3)57(68)61-43-25-38(33-72-53-29-40-20-21-44-27-41-14-8-11-17-49(41)63(44)58(69)47(40)22-35(53)2)24-39(26-43)34-73-55-31-51-48(30-54(55)71-6)59(70)64-45(32-62(51)5)28-42-15-9-12-18-50(42)64;/h8-9,11-12,14-15,17-18,22,24-26,29-32,36-37,44-45H,7,10,13,16,19-21,23,27-28,33-34H2,1-6H3,(H,60,67)(H,61,68);/q-1;/t36-,37+,44-,45+;/m1./s1. The number of rotatable bonds is 19. The molecule has 9 rings (SSSR count). The molecule has 15 heteroatoms. The Morgan fingerprint density at radius 1 is 0.743 bits per heavy atom. The molecule has 0 fully saturated rings. The molecule has 14 nitrogen and oxygen atoms in total. The van der Waals surface area contributed by atoms with Gasteiger partial charge in [-0.3, -0.25) is 28.8 Å². The van der Waals surface area contributed by atoms with Crippen molar-refractivity contribution in [2.45, 2.75) is 123 Å². The van der Waals surface area contributed by atoms with Crippen LogP contribution >= 0.6 is 0 Å². The van der Waals surface area contributed by atoms with E-state index < -0.39 is 12.0 Å². The van der Waals surface area contributed by atoms with Crippen molar-refractivity contribution in [3.05, 3.63) is 142 Å². The van der Waals surface area contributed by atoms with E-state index in [9.17, 15) is 28.8 Å². The molecule has 0 saturated carbocycles. The maximum Gasteiger partial charge on any atom is 0.258 e. The molecule has 74 heavy (non-hydrogen) atoms. The first-order valence-corrected chi connectivity index (χ1v) is 25.5.